The first-order valence-electron chi connectivity index (χ1n) is 6.49. The largest absolute Gasteiger partial charge is 0.478 e. The number of benzene rings is 1. The Morgan fingerprint density at radius 2 is 2.05 bits per heavy atom. The average molecular weight is 292 g/mol. The lowest BCUT2D eigenvalue weighted by molar-refractivity contribution is -0.120. The normalized spacial score (nSPS) is 10.9. The number of thiazole rings is 1. The molecule has 1 aromatic carbocycles. The van der Waals surface area contributed by atoms with Gasteiger partial charge in [0.2, 0.25) is 5.91 Å². The van der Waals surface area contributed by atoms with Crippen LogP contribution in [-0.4, -0.2) is 22.0 Å². The van der Waals surface area contributed by atoms with E-state index >= 15 is 0 Å². The molecular weight excluding hydrogens is 276 g/mol. The molecule has 0 spiro atoms. The van der Waals surface area contributed by atoms with E-state index in [0.29, 0.717) is 10.6 Å². The highest BCUT2D eigenvalue weighted by Gasteiger charge is 2.16. The molecule has 1 aromatic heterocycles. The number of hydrogen-bond acceptors (Lipinski definition) is 4. The molecule has 0 bridgehead atoms. The Bertz CT molecular complexity index is 647. The van der Waals surface area contributed by atoms with E-state index in [1.54, 1.807) is 12.1 Å². The second-order valence-electron chi connectivity index (χ2n) is 4.51. The van der Waals surface area contributed by atoms with Crippen molar-refractivity contribution in [2.75, 3.05) is 5.32 Å². The SMILES string of the molecule is CCC(CC)C(=O)Nc1nc2ccc(C(=O)O)cc2s1. The fourth-order valence-electron chi connectivity index (χ4n) is 1.98. The van der Waals surface area contributed by atoms with E-state index in [2.05, 4.69) is 10.3 Å². The van der Waals surface area contributed by atoms with Gasteiger partial charge in [0.1, 0.15) is 0 Å². The zero-order chi connectivity index (χ0) is 14.7. The molecule has 20 heavy (non-hydrogen) atoms. The Hall–Kier alpha value is -1.95. The van der Waals surface area contributed by atoms with Crippen LogP contribution in [0.3, 0.4) is 0 Å². The highest BCUT2D eigenvalue weighted by Crippen LogP contribution is 2.27. The first-order valence-corrected chi connectivity index (χ1v) is 7.31. The van der Waals surface area contributed by atoms with Crippen LogP contribution in [0.15, 0.2) is 18.2 Å². The zero-order valence-corrected chi connectivity index (χ0v) is 12.2. The zero-order valence-electron chi connectivity index (χ0n) is 11.3. The van der Waals surface area contributed by atoms with Crippen LogP contribution in [0.2, 0.25) is 0 Å². The molecule has 2 aromatic rings. The van der Waals surface area contributed by atoms with Crippen LogP contribution in [0.4, 0.5) is 5.13 Å². The second-order valence-corrected chi connectivity index (χ2v) is 5.54. The Kier molecular flexibility index (Phi) is 4.34. The average Bonchev–Trinajstić information content (AvgIpc) is 2.80. The van der Waals surface area contributed by atoms with Crippen LogP contribution in [0.1, 0.15) is 37.0 Å². The summed E-state index contributed by atoms with van der Waals surface area (Å²) < 4.78 is 0.754. The molecule has 5 nitrogen and oxygen atoms in total. The van der Waals surface area contributed by atoms with Crippen molar-refractivity contribution in [3.05, 3.63) is 23.8 Å². The lowest BCUT2D eigenvalue weighted by Gasteiger charge is -2.10. The van der Waals surface area contributed by atoms with E-state index < -0.39 is 5.97 Å². The van der Waals surface area contributed by atoms with Gasteiger partial charge >= 0.3 is 5.97 Å². The van der Waals surface area contributed by atoms with Crippen molar-refractivity contribution in [2.45, 2.75) is 26.7 Å². The predicted octanol–water partition coefficient (Wildman–Crippen LogP) is 3.37. The number of aromatic carboxylic acids is 1. The number of anilines is 1. The number of carboxylic acids is 1. The first-order chi connectivity index (χ1) is 9.55. The molecule has 2 N–H and O–H groups in total. The molecule has 0 atom stereocenters. The number of carboxylic acid groups (broad SMARTS) is 1. The van der Waals surface area contributed by atoms with Gasteiger partial charge in [0.15, 0.2) is 5.13 Å². The van der Waals surface area contributed by atoms with E-state index in [4.69, 9.17) is 5.11 Å². The Labute approximate surface area is 120 Å². The van der Waals surface area contributed by atoms with E-state index in [0.717, 1.165) is 17.5 Å². The summed E-state index contributed by atoms with van der Waals surface area (Å²) in [5.74, 6) is -1.02. The number of nitrogens with one attached hydrogen (secondary N) is 1. The van der Waals surface area contributed by atoms with Crippen LogP contribution < -0.4 is 5.32 Å². The van der Waals surface area contributed by atoms with E-state index in [-0.39, 0.29) is 17.4 Å². The topological polar surface area (TPSA) is 79.3 Å². The molecule has 1 amide bonds. The minimum atomic E-state index is -0.970. The number of aromatic nitrogens is 1. The molecule has 0 saturated carbocycles. The van der Waals surface area contributed by atoms with E-state index in [9.17, 15) is 9.59 Å². The van der Waals surface area contributed by atoms with Crippen molar-refractivity contribution in [2.24, 2.45) is 5.92 Å². The molecule has 0 aliphatic carbocycles. The van der Waals surface area contributed by atoms with Gasteiger partial charge in [-0.15, -0.1) is 0 Å². The maximum atomic E-state index is 12.0. The molecule has 6 heteroatoms. The molecule has 0 fully saturated rings. The predicted molar refractivity (Wildman–Crippen MR) is 79.3 cm³/mol. The van der Waals surface area contributed by atoms with Gasteiger partial charge in [-0.1, -0.05) is 25.2 Å². The third-order valence-corrected chi connectivity index (χ3v) is 4.16. The van der Waals surface area contributed by atoms with Gasteiger partial charge in [0, 0.05) is 5.92 Å². The molecule has 1 heterocycles. The molecule has 106 valence electrons. The highest BCUT2D eigenvalue weighted by molar-refractivity contribution is 7.22. The summed E-state index contributed by atoms with van der Waals surface area (Å²) in [5.41, 5.74) is 0.916. The van der Waals surface area contributed by atoms with Gasteiger partial charge in [-0.05, 0) is 31.0 Å². The van der Waals surface area contributed by atoms with Crippen LogP contribution in [-0.2, 0) is 4.79 Å². The quantitative estimate of drug-likeness (QED) is 0.885. The second kappa shape index (κ2) is 6.00. The van der Waals surface area contributed by atoms with Crippen molar-refractivity contribution in [1.82, 2.24) is 4.98 Å². The first kappa shape index (κ1) is 14.5. The lowest BCUT2D eigenvalue weighted by Crippen LogP contribution is -2.21. The number of nitrogens with zero attached hydrogens (tertiary/aromatic N) is 1. The summed E-state index contributed by atoms with van der Waals surface area (Å²) in [6.07, 6.45) is 1.58. The van der Waals surface area contributed by atoms with Crippen molar-refractivity contribution in [3.63, 3.8) is 0 Å². The Balaban J connectivity index is 2.24. The fraction of sp³-hybridized carbons (Fsp3) is 0.357. The molecule has 0 aliphatic heterocycles. The molecule has 0 radical (unpaired) electrons. The van der Waals surface area contributed by atoms with Crippen LogP contribution in [0.5, 0.6) is 0 Å². The Morgan fingerprint density at radius 3 is 2.65 bits per heavy atom. The van der Waals surface area contributed by atoms with Crippen molar-refractivity contribution in [1.29, 1.82) is 0 Å². The number of fused-ring (bicyclic) bond motifs is 1. The van der Waals surface area contributed by atoms with Gasteiger partial charge in [0.05, 0.1) is 15.8 Å². The summed E-state index contributed by atoms with van der Waals surface area (Å²) in [7, 11) is 0. The van der Waals surface area contributed by atoms with E-state index in [1.807, 2.05) is 13.8 Å². The minimum Gasteiger partial charge on any atom is -0.478 e. The molecule has 0 saturated heterocycles. The third kappa shape index (κ3) is 2.96. The van der Waals surface area contributed by atoms with E-state index in [1.165, 1.54) is 17.4 Å². The van der Waals surface area contributed by atoms with Gasteiger partial charge in [-0.25, -0.2) is 9.78 Å². The fourth-order valence-corrected chi connectivity index (χ4v) is 2.89. The van der Waals surface area contributed by atoms with Crippen LogP contribution in [0, 0.1) is 5.92 Å². The number of carbonyl (C=O) groups is 2. The van der Waals surface area contributed by atoms with Crippen molar-refractivity contribution < 1.29 is 14.7 Å². The maximum Gasteiger partial charge on any atom is 0.335 e. The number of rotatable bonds is 5. The smallest absolute Gasteiger partial charge is 0.335 e. The van der Waals surface area contributed by atoms with Gasteiger partial charge in [0.25, 0.3) is 0 Å². The summed E-state index contributed by atoms with van der Waals surface area (Å²) >= 11 is 1.29. The summed E-state index contributed by atoms with van der Waals surface area (Å²) in [6, 6.07) is 4.74. The third-order valence-electron chi connectivity index (χ3n) is 3.22. The highest BCUT2D eigenvalue weighted by atomic mass is 32.1. The number of carbonyl (C=O) groups excluding carboxylic acids is 1. The number of amides is 1. The molecule has 0 aliphatic rings. The molecular formula is C14H16N2O3S. The lowest BCUT2D eigenvalue weighted by atomic mass is 10.0. The monoisotopic (exact) mass is 292 g/mol. The summed E-state index contributed by atoms with van der Waals surface area (Å²) in [6.45, 7) is 3.95. The van der Waals surface area contributed by atoms with Crippen molar-refractivity contribution >= 4 is 38.6 Å². The van der Waals surface area contributed by atoms with Crippen LogP contribution in [0.25, 0.3) is 10.2 Å². The molecule has 0 unspecified atom stereocenters. The van der Waals surface area contributed by atoms with Gasteiger partial charge < -0.3 is 10.4 Å². The standard InChI is InChI=1S/C14H16N2O3S/c1-3-8(4-2)12(17)16-14-15-10-6-5-9(13(18)19)7-11(10)20-14/h5-8H,3-4H2,1-2H3,(H,18,19)(H,15,16,17). The van der Waals surface area contributed by atoms with Crippen LogP contribution >= 0.6 is 11.3 Å². The van der Waals surface area contributed by atoms with Crippen molar-refractivity contribution in [3.8, 4) is 0 Å². The summed E-state index contributed by atoms with van der Waals surface area (Å²) in [4.78, 5) is 27.2. The molecule has 2 rings (SSSR count). The minimum absolute atomic E-state index is 0.0170. The maximum absolute atomic E-state index is 12.0. The van der Waals surface area contributed by atoms with Gasteiger partial charge in [-0.2, -0.15) is 0 Å². The summed E-state index contributed by atoms with van der Waals surface area (Å²) in [5, 5.41) is 12.3. The Morgan fingerprint density at radius 1 is 1.35 bits per heavy atom. The van der Waals surface area contributed by atoms with Gasteiger partial charge in [-0.3, -0.25) is 4.79 Å². The number of hydrogen-bond donors (Lipinski definition) is 2.